The Balaban J connectivity index is 1.76. The fourth-order valence-electron chi connectivity index (χ4n) is 2.72. The van der Waals surface area contributed by atoms with Gasteiger partial charge in [-0.1, -0.05) is 30.0 Å². The molecule has 0 aliphatic rings. The topological polar surface area (TPSA) is 63.4 Å². The molecule has 0 saturated heterocycles. The Bertz CT molecular complexity index is 891. The number of rotatable bonds is 5. The molecule has 0 radical (unpaired) electrons. The highest BCUT2D eigenvalue weighted by atomic mass is 32.2. The first kappa shape index (κ1) is 17.4. The molecule has 7 heteroatoms. The molecule has 2 heterocycles. The van der Waals surface area contributed by atoms with E-state index < -0.39 is 0 Å². The number of anilines is 1. The SMILES string of the molecule is Cc1cc(C)n2nc(SCC(=O)N(c3ccccc3)C(C)C)nc2n1. The normalized spacial score (nSPS) is 11.2. The lowest BCUT2D eigenvalue weighted by molar-refractivity contribution is -0.116. The number of carbonyl (C=O) groups excluding carboxylic acids is 1. The number of amides is 1. The molecule has 0 aliphatic heterocycles. The fraction of sp³-hybridized carbons (Fsp3) is 0.333. The number of aryl methyl sites for hydroxylation is 2. The van der Waals surface area contributed by atoms with Crippen LogP contribution in [0.3, 0.4) is 0 Å². The summed E-state index contributed by atoms with van der Waals surface area (Å²) in [5.41, 5.74) is 2.78. The van der Waals surface area contributed by atoms with Crippen LogP contribution >= 0.6 is 11.8 Å². The van der Waals surface area contributed by atoms with Crippen molar-refractivity contribution in [2.45, 2.75) is 38.9 Å². The van der Waals surface area contributed by atoms with Crippen molar-refractivity contribution in [1.29, 1.82) is 0 Å². The lowest BCUT2D eigenvalue weighted by Crippen LogP contribution is -2.38. The van der Waals surface area contributed by atoms with Gasteiger partial charge in [0.25, 0.3) is 5.78 Å². The van der Waals surface area contributed by atoms with E-state index in [-0.39, 0.29) is 17.7 Å². The van der Waals surface area contributed by atoms with Crippen molar-refractivity contribution in [2.75, 3.05) is 10.7 Å². The summed E-state index contributed by atoms with van der Waals surface area (Å²) in [4.78, 5) is 23.3. The Kier molecular flexibility index (Phi) is 5.03. The molecule has 25 heavy (non-hydrogen) atoms. The van der Waals surface area contributed by atoms with Crippen LogP contribution in [0.5, 0.6) is 0 Å². The zero-order chi connectivity index (χ0) is 18.0. The summed E-state index contributed by atoms with van der Waals surface area (Å²) in [6.07, 6.45) is 0. The number of aromatic nitrogens is 4. The molecule has 1 aromatic carbocycles. The van der Waals surface area contributed by atoms with E-state index in [1.54, 1.807) is 9.42 Å². The second-order valence-corrected chi connectivity index (χ2v) is 7.07. The molecule has 3 rings (SSSR count). The smallest absolute Gasteiger partial charge is 0.253 e. The molecule has 0 bridgehead atoms. The largest absolute Gasteiger partial charge is 0.309 e. The highest BCUT2D eigenvalue weighted by Crippen LogP contribution is 2.21. The van der Waals surface area contributed by atoms with Gasteiger partial charge in [0, 0.05) is 23.1 Å². The quantitative estimate of drug-likeness (QED) is 0.657. The Morgan fingerprint density at radius 2 is 1.92 bits per heavy atom. The summed E-state index contributed by atoms with van der Waals surface area (Å²) in [6, 6.07) is 11.7. The molecule has 6 nitrogen and oxygen atoms in total. The zero-order valence-corrected chi connectivity index (χ0v) is 15.6. The first-order chi connectivity index (χ1) is 12.0. The number of hydrogen-bond acceptors (Lipinski definition) is 5. The Morgan fingerprint density at radius 1 is 1.20 bits per heavy atom. The highest BCUT2D eigenvalue weighted by Gasteiger charge is 2.20. The third kappa shape index (κ3) is 3.82. The van der Waals surface area contributed by atoms with Crippen molar-refractivity contribution in [3.63, 3.8) is 0 Å². The average molecular weight is 355 g/mol. The number of carbonyl (C=O) groups is 1. The molecule has 0 aliphatic carbocycles. The van der Waals surface area contributed by atoms with Crippen LogP contribution < -0.4 is 4.90 Å². The summed E-state index contributed by atoms with van der Waals surface area (Å²) in [7, 11) is 0. The van der Waals surface area contributed by atoms with Gasteiger partial charge in [0.1, 0.15) is 0 Å². The molecule has 0 spiro atoms. The third-order valence-electron chi connectivity index (χ3n) is 3.74. The van der Waals surface area contributed by atoms with Gasteiger partial charge in [-0.3, -0.25) is 4.79 Å². The van der Waals surface area contributed by atoms with Gasteiger partial charge in [-0.15, -0.1) is 5.10 Å². The molecular weight excluding hydrogens is 334 g/mol. The Morgan fingerprint density at radius 3 is 2.60 bits per heavy atom. The number of para-hydroxylation sites is 1. The highest BCUT2D eigenvalue weighted by molar-refractivity contribution is 7.99. The van der Waals surface area contributed by atoms with Crippen LogP contribution in [-0.4, -0.2) is 37.3 Å². The summed E-state index contributed by atoms with van der Waals surface area (Å²) in [6.45, 7) is 7.91. The van der Waals surface area contributed by atoms with Crippen LogP contribution in [0.25, 0.3) is 5.78 Å². The van der Waals surface area contributed by atoms with Gasteiger partial charge >= 0.3 is 0 Å². The number of fused-ring (bicyclic) bond motifs is 1. The molecule has 2 aromatic heterocycles. The van der Waals surface area contributed by atoms with Gasteiger partial charge in [0.2, 0.25) is 11.1 Å². The minimum Gasteiger partial charge on any atom is -0.309 e. The number of hydrogen-bond donors (Lipinski definition) is 0. The van der Waals surface area contributed by atoms with Gasteiger partial charge in [-0.2, -0.15) is 4.98 Å². The predicted octanol–water partition coefficient (Wildman–Crippen LogP) is 3.27. The molecule has 130 valence electrons. The van der Waals surface area contributed by atoms with Crippen molar-refractivity contribution < 1.29 is 4.79 Å². The maximum atomic E-state index is 12.7. The van der Waals surface area contributed by atoms with Crippen LogP contribution in [0, 0.1) is 13.8 Å². The first-order valence-corrected chi connectivity index (χ1v) is 9.15. The van der Waals surface area contributed by atoms with Crippen molar-refractivity contribution in [1.82, 2.24) is 19.6 Å². The zero-order valence-electron chi connectivity index (χ0n) is 14.8. The fourth-order valence-corrected chi connectivity index (χ4v) is 3.40. The van der Waals surface area contributed by atoms with E-state index >= 15 is 0 Å². The van der Waals surface area contributed by atoms with Gasteiger partial charge in [-0.05, 0) is 45.9 Å². The average Bonchev–Trinajstić information content (AvgIpc) is 2.97. The molecule has 0 fully saturated rings. The van der Waals surface area contributed by atoms with Crippen molar-refractivity contribution in [3.8, 4) is 0 Å². The second-order valence-electron chi connectivity index (χ2n) is 6.13. The minimum atomic E-state index is 0.0333. The molecule has 0 atom stereocenters. The van der Waals surface area contributed by atoms with E-state index in [2.05, 4.69) is 15.1 Å². The van der Waals surface area contributed by atoms with Crippen LogP contribution in [0.15, 0.2) is 41.6 Å². The van der Waals surface area contributed by atoms with Crippen molar-refractivity contribution in [3.05, 3.63) is 47.8 Å². The summed E-state index contributed by atoms with van der Waals surface area (Å²) >= 11 is 1.33. The predicted molar refractivity (Wildman–Crippen MR) is 100 cm³/mol. The van der Waals surface area contributed by atoms with Gasteiger partial charge in [0.15, 0.2) is 0 Å². The second kappa shape index (κ2) is 7.23. The van der Waals surface area contributed by atoms with Crippen LogP contribution in [0.4, 0.5) is 5.69 Å². The number of nitrogens with zero attached hydrogens (tertiary/aromatic N) is 5. The van der Waals surface area contributed by atoms with Crippen LogP contribution in [0.1, 0.15) is 25.2 Å². The Labute approximate surface area is 151 Å². The van der Waals surface area contributed by atoms with E-state index in [1.165, 1.54) is 11.8 Å². The molecule has 3 aromatic rings. The molecule has 0 N–H and O–H groups in total. The van der Waals surface area contributed by atoms with Crippen molar-refractivity contribution in [2.24, 2.45) is 0 Å². The lowest BCUT2D eigenvalue weighted by Gasteiger charge is -2.26. The maximum absolute atomic E-state index is 12.7. The monoisotopic (exact) mass is 355 g/mol. The standard InChI is InChI=1S/C18H21N5OS/c1-12(2)22(15-8-6-5-7-9-15)16(24)11-25-18-20-17-19-13(3)10-14(4)23(17)21-18/h5-10,12H,11H2,1-4H3. The van der Waals surface area contributed by atoms with Crippen LogP contribution in [-0.2, 0) is 4.79 Å². The summed E-state index contributed by atoms with van der Waals surface area (Å²) < 4.78 is 1.71. The van der Waals surface area contributed by atoms with Crippen molar-refractivity contribution >= 4 is 29.1 Å². The molecule has 1 amide bonds. The van der Waals surface area contributed by atoms with E-state index in [0.29, 0.717) is 10.9 Å². The Hall–Kier alpha value is -2.41. The number of benzene rings is 1. The lowest BCUT2D eigenvalue weighted by atomic mass is 10.2. The molecular formula is C18H21N5OS. The van der Waals surface area contributed by atoms with E-state index in [9.17, 15) is 4.79 Å². The van der Waals surface area contributed by atoms with Crippen LogP contribution in [0.2, 0.25) is 0 Å². The first-order valence-electron chi connectivity index (χ1n) is 8.16. The van der Waals surface area contributed by atoms with E-state index in [1.807, 2.05) is 64.1 Å². The molecule has 0 saturated carbocycles. The van der Waals surface area contributed by atoms with Gasteiger partial charge < -0.3 is 4.90 Å². The van der Waals surface area contributed by atoms with E-state index in [4.69, 9.17) is 0 Å². The summed E-state index contributed by atoms with van der Waals surface area (Å²) in [5, 5.41) is 5.00. The minimum absolute atomic E-state index is 0.0333. The number of thioether (sulfide) groups is 1. The maximum Gasteiger partial charge on any atom is 0.253 e. The van der Waals surface area contributed by atoms with Gasteiger partial charge in [0.05, 0.1) is 5.75 Å². The van der Waals surface area contributed by atoms with Gasteiger partial charge in [-0.25, -0.2) is 9.50 Å². The van der Waals surface area contributed by atoms with E-state index in [0.717, 1.165) is 17.1 Å². The summed E-state index contributed by atoms with van der Waals surface area (Å²) in [5.74, 6) is 0.879. The third-order valence-corrected chi connectivity index (χ3v) is 4.57. The molecule has 0 unspecified atom stereocenters.